The quantitative estimate of drug-likeness (QED) is 0.488. The van der Waals surface area contributed by atoms with Crippen molar-refractivity contribution in [2.75, 3.05) is 12.4 Å². The summed E-state index contributed by atoms with van der Waals surface area (Å²) in [6, 6.07) is 3.84. The molecule has 0 spiro atoms. The Kier molecular flexibility index (Phi) is 4.83. The smallest absolute Gasteiger partial charge is 0.309 e. The molecule has 1 aliphatic rings. The van der Waals surface area contributed by atoms with E-state index in [1.165, 1.54) is 32.2 Å². The van der Waals surface area contributed by atoms with Crippen molar-refractivity contribution in [1.29, 1.82) is 0 Å². The maximum Gasteiger partial charge on any atom is 0.309 e. The third-order valence-corrected chi connectivity index (χ3v) is 3.73. The number of carbonyl (C=O) groups excluding carboxylic acids is 2. The lowest BCUT2D eigenvalue weighted by molar-refractivity contribution is -0.384. The van der Waals surface area contributed by atoms with Gasteiger partial charge in [-0.3, -0.25) is 19.7 Å². The van der Waals surface area contributed by atoms with Crippen molar-refractivity contribution < 1.29 is 24.0 Å². The Morgan fingerprint density at radius 1 is 1.43 bits per heavy atom. The first-order chi connectivity index (χ1) is 10.8. The molecule has 8 heteroatoms. The van der Waals surface area contributed by atoms with Crippen LogP contribution in [0.4, 0.5) is 11.4 Å². The van der Waals surface area contributed by atoms with Gasteiger partial charge in [-0.15, -0.1) is 0 Å². The van der Waals surface area contributed by atoms with Crippen molar-refractivity contribution in [3.63, 3.8) is 0 Å². The lowest BCUT2D eigenvalue weighted by Crippen LogP contribution is -2.30. The topological polar surface area (TPSA) is 108 Å². The standard InChI is InChI=1S/C15H18N2O6/c1-8-6-11(8)15(19)23-9(2)14(18)16-12-7-10(17(20)21)4-5-13(12)22-3/h4-5,7-9,11H,6H2,1-3H3,(H,16,18)/t8-,9+,11-/m0/s1. The van der Waals surface area contributed by atoms with Gasteiger partial charge >= 0.3 is 5.97 Å². The summed E-state index contributed by atoms with van der Waals surface area (Å²) in [4.78, 5) is 34.1. The summed E-state index contributed by atoms with van der Waals surface area (Å²) in [6.07, 6.45) is -0.231. The Morgan fingerprint density at radius 2 is 2.09 bits per heavy atom. The molecule has 0 unspecified atom stereocenters. The van der Waals surface area contributed by atoms with Crippen LogP contribution in [0, 0.1) is 22.0 Å². The van der Waals surface area contributed by atoms with Crippen LogP contribution in [0.1, 0.15) is 20.3 Å². The van der Waals surface area contributed by atoms with Gasteiger partial charge in [-0.2, -0.15) is 0 Å². The molecule has 1 aromatic rings. The Labute approximate surface area is 132 Å². The summed E-state index contributed by atoms with van der Waals surface area (Å²) < 4.78 is 10.2. The maximum atomic E-state index is 12.1. The summed E-state index contributed by atoms with van der Waals surface area (Å²) in [5.74, 6) is -0.554. The van der Waals surface area contributed by atoms with E-state index in [1.807, 2.05) is 6.92 Å². The zero-order valence-corrected chi connectivity index (χ0v) is 13.1. The van der Waals surface area contributed by atoms with Crippen molar-refractivity contribution in [3.05, 3.63) is 28.3 Å². The molecule has 1 aromatic carbocycles. The summed E-state index contributed by atoms with van der Waals surface area (Å²) in [5, 5.41) is 13.3. The lowest BCUT2D eigenvalue weighted by Gasteiger charge is -2.15. The van der Waals surface area contributed by atoms with Crippen molar-refractivity contribution in [2.45, 2.75) is 26.4 Å². The monoisotopic (exact) mass is 322 g/mol. The van der Waals surface area contributed by atoms with E-state index in [-0.39, 0.29) is 29.0 Å². The first-order valence-corrected chi connectivity index (χ1v) is 7.17. The Hall–Kier alpha value is -2.64. The SMILES string of the molecule is COc1ccc([N+](=O)[O-])cc1NC(=O)[C@@H](C)OC(=O)[C@H]1C[C@@H]1C. The molecule has 1 saturated carbocycles. The molecule has 23 heavy (non-hydrogen) atoms. The highest BCUT2D eigenvalue weighted by Crippen LogP contribution is 2.38. The number of nitrogens with zero attached hydrogens (tertiary/aromatic N) is 1. The summed E-state index contributed by atoms with van der Waals surface area (Å²) in [6.45, 7) is 3.38. The third-order valence-electron chi connectivity index (χ3n) is 3.73. The molecule has 1 N–H and O–H groups in total. The number of ether oxygens (including phenoxy) is 2. The number of nitrogens with one attached hydrogen (secondary N) is 1. The molecule has 0 bridgehead atoms. The molecule has 2 rings (SSSR count). The summed E-state index contributed by atoms with van der Waals surface area (Å²) in [5.41, 5.74) is -0.0352. The van der Waals surface area contributed by atoms with Gasteiger partial charge in [0.1, 0.15) is 5.75 Å². The number of carbonyl (C=O) groups is 2. The molecule has 1 fully saturated rings. The predicted octanol–water partition coefficient (Wildman–Crippen LogP) is 2.13. The lowest BCUT2D eigenvalue weighted by atomic mass is 10.2. The zero-order chi connectivity index (χ0) is 17.1. The minimum absolute atomic E-state index is 0.141. The Morgan fingerprint density at radius 3 is 2.61 bits per heavy atom. The number of nitro benzene ring substituents is 1. The highest BCUT2D eigenvalue weighted by atomic mass is 16.6. The number of benzene rings is 1. The second-order valence-corrected chi connectivity index (χ2v) is 5.53. The number of rotatable bonds is 6. The van der Waals surface area contributed by atoms with E-state index in [4.69, 9.17) is 9.47 Å². The fourth-order valence-corrected chi connectivity index (χ4v) is 2.11. The number of hydrogen-bond acceptors (Lipinski definition) is 6. The molecule has 0 saturated heterocycles. The van der Waals surface area contributed by atoms with Gasteiger partial charge in [0.15, 0.2) is 6.10 Å². The molecule has 1 amide bonds. The fraction of sp³-hybridized carbons (Fsp3) is 0.467. The van der Waals surface area contributed by atoms with Gasteiger partial charge in [0.25, 0.3) is 11.6 Å². The van der Waals surface area contributed by atoms with Crippen LogP contribution in [0.5, 0.6) is 5.75 Å². The number of nitro groups is 1. The summed E-state index contributed by atoms with van der Waals surface area (Å²) >= 11 is 0. The van der Waals surface area contributed by atoms with Crippen molar-refractivity contribution in [2.24, 2.45) is 11.8 Å². The van der Waals surface area contributed by atoms with Crippen molar-refractivity contribution in [1.82, 2.24) is 0 Å². The van der Waals surface area contributed by atoms with Gasteiger partial charge in [0.2, 0.25) is 0 Å². The van der Waals surface area contributed by atoms with Gasteiger partial charge < -0.3 is 14.8 Å². The molecule has 3 atom stereocenters. The van der Waals surface area contributed by atoms with Gasteiger partial charge in [0.05, 0.1) is 23.6 Å². The van der Waals surface area contributed by atoms with Crippen LogP contribution in [0.2, 0.25) is 0 Å². The largest absolute Gasteiger partial charge is 0.495 e. The number of esters is 1. The molecule has 0 aromatic heterocycles. The van der Waals surface area contributed by atoms with Gasteiger partial charge in [-0.1, -0.05) is 6.92 Å². The van der Waals surface area contributed by atoms with E-state index >= 15 is 0 Å². The number of methoxy groups -OCH3 is 1. The van der Waals surface area contributed by atoms with Crippen molar-refractivity contribution >= 4 is 23.3 Å². The van der Waals surface area contributed by atoms with Crippen LogP contribution < -0.4 is 10.1 Å². The van der Waals surface area contributed by atoms with E-state index < -0.39 is 22.9 Å². The van der Waals surface area contributed by atoms with E-state index in [1.54, 1.807) is 0 Å². The van der Waals surface area contributed by atoms with E-state index in [0.717, 1.165) is 6.42 Å². The highest BCUT2D eigenvalue weighted by molar-refractivity contribution is 5.96. The maximum absolute atomic E-state index is 12.1. The Balaban J connectivity index is 2.04. The van der Waals surface area contributed by atoms with E-state index in [0.29, 0.717) is 0 Å². The van der Waals surface area contributed by atoms with E-state index in [2.05, 4.69) is 5.32 Å². The second kappa shape index (κ2) is 6.64. The average Bonchev–Trinajstić information content (AvgIpc) is 3.24. The first-order valence-electron chi connectivity index (χ1n) is 7.17. The highest BCUT2D eigenvalue weighted by Gasteiger charge is 2.41. The molecule has 124 valence electrons. The normalized spacial score (nSPS) is 20.3. The van der Waals surface area contributed by atoms with Crippen LogP contribution in [0.3, 0.4) is 0 Å². The zero-order valence-electron chi connectivity index (χ0n) is 13.1. The van der Waals surface area contributed by atoms with Crippen LogP contribution in [0.25, 0.3) is 0 Å². The van der Waals surface area contributed by atoms with Crippen LogP contribution >= 0.6 is 0 Å². The van der Waals surface area contributed by atoms with Gasteiger partial charge in [-0.25, -0.2) is 0 Å². The van der Waals surface area contributed by atoms with Crippen LogP contribution in [0.15, 0.2) is 18.2 Å². The average molecular weight is 322 g/mol. The molecule has 0 aliphatic heterocycles. The summed E-state index contributed by atoms with van der Waals surface area (Å²) in [7, 11) is 1.38. The third kappa shape index (κ3) is 3.97. The van der Waals surface area contributed by atoms with Crippen molar-refractivity contribution in [3.8, 4) is 5.75 Å². The second-order valence-electron chi connectivity index (χ2n) is 5.53. The molecule has 8 nitrogen and oxygen atoms in total. The molecule has 0 radical (unpaired) electrons. The first kappa shape index (κ1) is 16.7. The molecular formula is C15H18N2O6. The predicted molar refractivity (Wildman–Crippen MR) is 81.1 cm³/mol. The minimum atomic E-state index is -1.00. The molecular weight excluding hydrogens is 304 g/mol. The molecule has 0 heterocycles. The van der Waals surface area contributed by atoms with Gasteiger partial charge in [0, 0.05) is 12.1 Å². The number of amides is 1. The fourth-order valence-electron chi connectivity index (χ4n) is 2.11. The number of hydrogen-bond donors (Lipinski definition) is 1. The van der Waals surface area contributed by atoms with Crippen LogP contribution in [-0.4, -0.2) is 30.0 Å². The van der Waals surface area contributed by atoms with Crippen LogP contribution in [-0.2, 0) is 14.3 Å². The number of anilines is 1. The Bertz CT molecular complexity index is 645. The minimum Gasteiger partial charge on any atom is -0.495 e. The van der Waals surface area contributed by atoms with E-state index in [9.17, 15) is 19.7 Å². The number of non-ortho nitro benzene ring substituents is 1. The van der Waals surface area contributed by atoms with Gasteiger partial charge in [-0.05, 0) is 25.3 Å². The molecule has 1 aliphatic carbocycles.